The lowest BCUT2D eigenvalue weighted by Crippen LogP contribution is -2.27. The molecule has 0 saturated carbocycles. The Morgan fingerprint density at radius 1 is 1.33 bits per heavy atom. The van der Waals surface area contributed by atoms with Gasteiger partial charge in [-0.15, -0.1) is 21.5 Å². The lowest BCUT2D eigenvalue weighted by molar-refractivity contribution is -0.118. The van der Waals surface area contributed by atoms with E-state index in [1.54, 1.807) is 17.7 Å². The van der Waals surface area contributed by atoms with Crippen molar-refractivity contribution in [1.82, 2.24) is 20.1 Å². The number of hydrogen-bond acceptors (Lipinski definition) is 5. The average Bonchev–Trinajstić information content (AvgIpc) is 3.24. The van der Waals surface area contributed by atoms with Crippen molar-refractivity contribution in [2.24, 2.45) is 0 Å². The summed E-state index contributed by atoms with van der Waals surface area (Å²) in [6.45, 7) is 0.640. The Labute approximate surface area is 153 Å². The molecule has 124 valence electrons. The molecular formula is C16H15ClN4OS2. The van der Waals surface area contributed by atoms with Crippen molar-refractivity contribution in [3.05, 3.63) is 58.0 Å². The van der Waals surface area contributed by atoms with E-state index in [0.717, 1.165) is 12.1 Å². The Kier molecular flexibility index (Phi) is 5.90. The number of benzene rings is 1. The number of carbonyl (C=O) groups excluding carboxylic acids is 1. The third kappa shape index (κ3) is 4.59. The molecule has 0 atom stereocenters. The minimum Gasteiger partial charge on any atom is -0.355 e. The highest BCUT2D eigenvalue weighted by molar-refractivity contribution is 7.99. The molecule has 3 aromatic rings. The van der Waals surface area contributed by atoms with Crippen molar-refractivity contribution >= 4 is 40.6 Å². The number of carbonyl (C=O) groups is 1. The fraction of sp³-hybridized carbons (Fsp3) is 0.188. The Bertz CT molecular complexity index is 804. The van der Waals surface area contributed by atoms with Crippen LogP contribution in [-0.2, 0) is 11.2 Å². The minimum atomic E-state index is -0.0165. The largest absolute Gasteiger partial charge is 0.355 e. The topological polar surface area (TPSA) is 59.8 Å². The summed E-state index contributed by atoms with van der Waals surface area (Å²) in [4.78, 5) is 13.2. The zero-order chi connectivity index (χ0) is 16.8. The van der Waals surface area contributed by atoms with E-state index < -0.39 is 0 Å². The van der Waals surface area contributed by atoms with Gasteiger partial charge in [0, 0.05) is 16.4 Å². The summed E-state index contributed by atoms with van der Waals surface area (Å²) < 4.78 is 1.81. The van der Waals surface area contributed by atoms with Crippen LogP contribution < -0.4 is 5.32 Å². The van der Waals surface area contributed by atoms with Crippen LogP contribution in [0.5, 0.6) is 0 Å². The highest BCUT2D eigenvalue weighted by Crippen LogP contribution is 2.21. The predicted molar refractivity (Wildman–Crippen MR) is 98.1 cm³/mol. The summed E-state index contributed by atoms with van der Waals surface area (Å²) in [6.07, 6.45) is 2.47. The maximum atomic E-state index is 12.0. The first-order valence-electron chi connectivity index (χ1n) is 7.30. The van der Waals surface area contributed by atoms with Gasteiger partial charge in [0.15, 0.2) is 5.16 Å². The second-order valence-corrected chi connectivity index (χ2v) is 7.34. The highest BCUT2D eigenvalue weighted by Gasteiger charge is 2.10. The van der Waals surface area contributed by atoms with Crippen molar-refractivity contribution in [3.63, 3.8) is 0 Å². The van der Waals surface area contributed by atoms with Gasteiger partial charge in [0.1, 0.15) is 6.33 Å². The zero-order valence-corrected chi connectivity index (χ0v) is 15.1. The van der Waals surface area contributed by atoms with Crippen molar-refractivity contribution in [1.29, 1.82) is 0 Å². The normalized spacial score (nSPS) is 10.7. The molecule has 0 aliphatic rings. The lowest BCUT2D eigenvalue weighted by Gasteiger charge is -2.07. The van der Waals surface area contributed by atoms with Crippen LogP contribution in [0.2, 0.25) is 5.02 Å². The third-order valence-electron chi connectivity index (χ3n) is 3.21. The van der Waals surface area contributed by atoms with Crippen molar-refractivity contribution in [2.75, 3.05) is 12.3 Å². The van der Waals surface area contributed by atoms with E-state index in [9.17, 15) is 4.79 Å². The smallest absolute Gasteiger partial charge is 0.230 e. The van der Waals surface area contributed by atoms with Crippen LogP contribution in [-0.4, -0.2) is 33.0 Å². The van der Waals surface area contributed by atoms with E-state index in [1.165, 1.54) is 16.6 Å². The fourth-order valence-electron chi connectivity index (χ4n) is 2.09. The number of rotatable bonds is 7. The van der Waals surface area contributed by atoms with Gasteiger partial charge in [-0.1, -0.05) is 35.5 Å². The number of halogens is 1. The molecule has 2 heterocycles. The second kappa shape index (κ2) is 8.32. The van der Waals surface area contributed by atoms with E-state index in [2.05, 4.69) is 21.6 Å². The number of amides is 1. The first-order valence-corrected chi connectivity index (χ1v) is 9.54. The van der Waals surface area contributed by atoms with Crippen LogP contribution in [0.3, 0.4) is 0 Å². The van der Waals surface area contributed by atoms with E-state index in [1.807, 2.05) is 40.3 Å². The molecule has 0 unspecified atom stereocenters. The van der Waals surface area contributed by atoms with Crippen molar-refractivity contribution < 1.29 is 4.79 Å². The maximum absolute atomic E-state index is 12.0. The van der Waals surface area contributed by atoms with Gasteiger partial charge in [-0.2, -0.15) is 0 Å². The molecule has 3 rings (SSSR count). The van der Waals surface area contributed by atoms with Gasteiger partial charge in [0.05, 0.1) is 11.4 Å². The van der Waals surface area contributed by atoms with Crippen LogP contribution in [0.25, 0.3) is 5.69 Å². The number of thiophene rings is 1. The molecule has 0 spiro atoms. The maximum Gasteiger partial charge on any atom is 0.230 e. The first kappa shape index (κ1) is 17.0. The molecule has 1 amide bonds. The SMILES string of the molecule is O=C(CSc1nncn1-c1cccc(Cl)c1)NCCc1cccs1. The molecule has 1 aromatic carbocycles. The second-order valence-electron chi connectivity index (χ2n) is 4.93. The van der Waals surface area contributed by atoms with Crippen LogP contribution in [0.1, 0.15) is 4.88 Å². The molecular weight excluding hydrogens is 364 g/mol. The van der Waals surface area contributed by atoms with Crippen LogP contribution >= 0.6 is 34.7 Å². The van der Waals surface area contributed by atoms with Crippen molar-refractivity contribution in [2.45, 2.75) is 11.6 Å². The van der Waals surface area contributed by atoms with E-state index in [4.69, 9.17) is 11.6 Å². The fourth-order valence-corrected chi connectivity index (χ4v) is 3.74. The van der Waals surface area contributed by atoms with Gasteiger partial charge in [0.2, 0.25) is 5.91 Å². The molecule has 0 radical (unpaired) electrons. The molecule has 0 fully saturated rings. The molecule has 0 aliphatic carbocycles. The van der Waals surface area contributed by atoms with E-state index in [-0.39, 0.29) is 5.91 Å². The minimum absolute atomic E-state index is 0.0165. The summed E-state index contributed by atoms with van der Waals surface area (Å²) in [5.74, 6) is 0.279. The van der Waals surface area contributed by atoms with Gasteiger partial charge in [-0.25, -0.2) is 0 Å². The first-order chi connectivity index (χ1) is 11.7. The van der Waals surface area contributed by atoms with Crippen molar-refractivity contribution in [3.8, 4) is 5.69 Å². The molecule has 0 saturated heterocycles. The van der Waals surface area contributed by atoms with Gasteiger partial charge < -0.3 is 5.32 Å². The van der Waals surface area contributed by atoms with Gasteiger partial charge in [-0.05, 0) is 36.1 Å². The Morgan fingerprint density at radius 2 is 2.25 bits per heavy atom. The quantitative estimate of drug-likeness (QED) is 0.640. The highest BCUT2D eigenvalue weighted by atomic mass is 35.5. The molecule has 0 bridgehead atoms. The summed E-state index contributed by atoms with van der Waals surface area (Å²) in [5.41, 5.74) is 0.869. The van der Waals surface area contributed by atoms with Crippen LogP contribution in [0, 0.1) is 0 Å². The Hall–Kier alpha value is -1.83. The monoisotopic (exact) mass is 378 g/mol. The number of nitrogens with one attached hydrogen (secondary N) is 1. The lowest BCUT2D eigenvalue weighted by atomic mass is 10.3. The number of thioether (sulfide) groups is 1. The number of aromatic nitrogens is 3. The Balaban J connectivity index is 1.52. The van der Waals surface area contributed by atoms with E-state index >= 15 is 0 Å². The molecule has 8 heteroatoms. The van der Waals surface area contributed by atoms with Gasteiger partial charge in [-0.3, -0.25) is 9.36 Å². The Morgan fingerprint density at radius 3 is 3.04 bits per heavy atom. The molecule has 1 N–H and O–H groups in total. The van der Waals surface area contributed by atoms with Crippen LogP contribution in [0.4, 0.5) is 0 Å². The number of nitrogens with zero attached hydrogens (tertiary/aromatic N) is 3. The molecule has 2 aromatic heterocycles. The average molecular weight is 379 g/mol. The molecule has 24 heavy (non-hydrogen) atoms. The van der Waals surface area contributed by atoms with Gasteiger partial charge in [0.25, 0.3) is 0 Å². The summed E-state index contributed by atoms with van der Waals surface area (Å²) in [7, 11) is 0. The molecule has 0 aliphatic heterocycles. The van der Waals surface area contributed by atoms with Gasteiger partial charge >= 0.3 is 0 Å². The summed E-state index contributed by atoms with van der Waals surface area (Å²) in [5, 5.41) is 14.2. The molecule has 5 nitrogen and oxygen atoms in total. The standard InChI is InChI=1S/C16H15ClN4OS2/c17-12-3-1-4-13(9-12)21-11-19-20-16(21)24-10-15(22)18-7-6-14-5-2-8-23-14/h1-5,8-9,11H,6-7,10H2,(H,18,22). The van der Waals surface area contributed by atoms with Crippen LogP contribution in [0.15, 0.2) is 53.3 Å². The zero-order valence-electron chi connectivity index (χ0n) is 12.7. The van der Waals surface area contributed by atoms with E-state index in [0.29, 0.717) is 22.5 Å². The summed E-state index contributed by atoms with van der Waals surface area (Å²) in [6, 6.07) is 11.5. The predicted octanol–water partition coefficient (Wildman–Crippen LogP) is 3.43. The number of hydrogen-bond donors (Lipinski definition) is 1. The summed E-state index contributed by atoms with van der Waals surface area (Å²) >= 11 is 9.06. The third-order valence-corrected chi connectivity index (χ3v) is 5.32.